The van der Waals surface area contributed by atoms with Crippen LogP contribution >= 0.6 is 23.2 Å². The highest BCUT2D eigenvalue weighted by atomic mass is 35.5. The number of fused-ring (bicyclic) bond motifs is 1. The summed E-state index contributed by atoms with van der Waals surface area (Å²) in [7, 11) is 0. The summed E-state index contributed by atoms with van der Waals surface area (Å²) in [5, 5.41) is 10.9. The summed E-state index contributed by atoms with van der Waals surface area (Å²) in [4.78, 5) is 13.5. The molecule has 0 fully saturated rings. The zero-order chi connectivity index (χ0) is 20.6. The van der Waals surface area contributed by atoms with Gasteiger partial charge < -0.3 is 5.11 Å². The second-order valence-corrected chi connectivity index (χ2v) is 9.09. The number of rotatable bonds is 3. The minimum absolute atomic E-state index is 0.101. The van der Waals surface area contributed by atoms with E-state index in [-0.39, 0.29) is 12.0 Å². The van der Waals surface area contributed by atoms with E-state index < -0.39 is 11.6 Å². The molecule has 3 nitrogen and oxygen atoms in total. The molecule has 148 valence electrons. The smallest absolute Gasteiger partial charge is 0.408 e. The van der Waals surface area contributed by atoms with Gasteiger partial charge in [-0.15, -0.1) is 0 Å². The minimum Gasteiger partial charge on any atom is -0.465 e. The van der Waals surface area contributed by atoms with E-state index in [0.29, 0.717) is 10.0 Å². The van der Waals surface area contributed by atoms with Crippen LogP contribution in [0.15, 0.2) is 48.0 Å². The van der Waals surface area contributed by atoms with Crippen LogP contribution in [0.3, 0.4) is 0 Å². The third-order valence-corrected chi connectivity index (χ3v) is 6.09. The summed E-state index contributed by atoms with van der Waals surface area (Å²) in [6.07, 6.45) is 1.96. The lowest BCUT2D eigenvalue weighted by molar-refractivity contribution is 0.0841. The van der Waals surface area contributed by atoms with Gasteiger partial charge in [-0.3, -0.25) is 4.90 Å². The van der Waals surface area contributed by atoms with Crippen molar-refractivity contribution in [2.45, 2.75) is 51.6 Å². The molecule has 1 aliphatic carbocycles. The van der Waals surface area contributed by atoms with E-state index in [1.165, 1.54) is 10.5 Å². The minimum atomic E-state index is -0.911. The fraction of sp³-hybridized carbons (Fsp3) is 0.348. The molecule has 0 unspecified atom stereocenters. The van der Waals surface area contributed by atoms with Gasteiger partial charge in [-0.2, -0.15) is 0 Å². The van der Waals surface area contributed by atoms with Crippen molar-refractivity contribution in [1.29, 1.82) is 0 Å². The van der Waals surface area contributed by atoms with Crippen LogP contribution in [-0.2, 0) is 0 Å². The number of carbonyl (C=O) groups is 1. The van der Waals surface area contributed by atoms with Crippen LogP contribution in [-0.4, -0.2) is 27.7 Å². The van der Waals surface area contributed by atoms with Crippen molar-refractivity contribution >= 4 is 35.4 Å². The van der Waals surface area contributed by atoms with Crippen LogP contribution in [0.1, 0.15) is 56.7 Å². The molecule has 1 aliphatic rings. The van der Waals surface area contributed by atoms with E-state index in [1.807, 2.05) is 58.0 Å². The van der Waals surface area contributed by atoms with E-state index in [2.05, 4.69) is 18.2 Å². The Morgan fingerprint density at radius 2 is 1.82 bits per heavy atom. The van der Waals surface area contributed by atoms with Gasteiger partial charge in [0.1, 0.15) is 0 Å². The molecule has 2 aromatic carbocycles. The second kappa shape index (κ2) is 7.81. The average molecular weight is 418 g/mol. The summed E-state index contributed by atoms with van der Waals surface area (Å²) in [5.41, 5.74) is 4.01. The van der Waals surface area contributed by atoms with Gasteiger partial charge in [-0.05, 0) is 68.5 Å². The Kier molecular flexibility index (Phi) is 5.79. The average Bonchev–Trinajstić information content (AvgIpc) is 2.61. The lowest BCUT2D eigenvalue weighted by Crippen LogP contribution is -2.51. The predicted molar refractivity (Wildman–Crippen MR) is 116 cm³/mol. The molecule has 0 heterocycles. The molecule has 0 bridgehead atoms. The SMILES string of the molecule is C[C@@H](C1=Cc2ccccc2[C@H](c2ccc(Cl)c(Cl)c2)C1)N(C(=O)O)C(C)(C)C. The first-order valence-corrected chi connectivity index (χ1v) is 10.1. The number of hydrogen-bond donors (Lipinski definition) is 1. The fourth-order valence-corrected chi connectivity index (χ4v) is 4.39. The normalized spacial score (nSPS) is 17.5. The van der Waals surface area contributed by atoms with Crippen molar-refractivity contribution < 1.29 is 9.90 Å². The molecule has 0 saturated carbocycles. The second-order valence-electron chi connectivity index (χ2n) is 8.28. The van der Waals surface area contributed by atoms with Crippen LogP contribution in [0.25, 0.3) is 6.08 Å². The van der Waals surface area contributed by atoms with Gasteiger partial charge in [0.25, 0.3) is 0 Å². The lowest BCUT2D eigenvalue weighted by atomic mass is 9.77. The molecule has 28 heavy (non-hydrogen) atoms. The van der Waals surface area contributed by atoms with Gasteiger partial charge in [0.05, 0.1) is 16.1 Å². The number of halogens is 2. The number of carboxylic acid groups (broad SMARTS) is 1. The monoisotopic (exact) mass is 417 g/mol. The summed E-state index contributed by atoms with van der Waals surface area (Å²) >= 11 is 12.4. The van der Waals surface area contributed by atoms with Crippen molar-refractivity contribution in [3.8, 4) is 0 Å². The van der Waals surface area contributed by atoms with Crippen molar-refractivity contribution in [3.63, 3.8) is 0 Å². The van der Waals surface area contributed by atoms with Crippen LogP contribution in [0.4, 0.5) is 4.79 Å². The van der Waals surface area contributed by atoms with Crippen LogP contribution in [0.5, 0.6) is 0 Å². The molecule has 0 saturated heterocycles. The molecule has 0 spiro atoms. The first kappa shape index (κ1) is 20.8. The van der Waals surface area contributed by atoms with Crippen LogP contribution < -0.4 is 0 Å². The summed E-state index contributed by atoms with van der Waals surface area (Å²) in [6.45, 7) is 7.73. The summed E-state index contributed by atoms with van der Waals surface area (Å²) in [5.74, 6) is 0.101. The highest BCUT2D eigenvalue weighted by Gasteiger charge is 2.35. The van der Waals surface area contributed by atoms with Gasteiger partial charge in [0, 0.05) is 11.5 Å². The highest BCUT2D eigenvalue weighted by Crippen LogP contribution is 2.42. The van der Waals surface area contributed by atoms with Gasteiger partial charge in [-0.1, -0.05) is 59.6 Å². The lowest BCUT2D eigenvalue weighted by Gasteiger charge is -2.41. The quantitative estimate of drug-likeness (QED) is 0.579. The Morgan fingerprint density at radius 3 is 2.43 bits per heavy atom. The maximum atomic E-state index is 12.0. The molecular weight excluding hydrogens is 393 g/mol. The van der Waals surface area contributed by atoms with Crippen LogP contribution in [0.2, 0.25) is 10.0 Å². The van der Waals surface area contributed by atoms with Gasteiger partial charge in [0.2, 0.25) is 0 Å². The van der Waals surface area contributed by atoms with Crippen molar-refractivity contribution in [2.75, 3.05) is 0 Å². The molecule has 5 heteroatoms. The molecule has 2 aromatic rings. The molecule has 0 radical (unpaired) electrons. The number of benzene rings is 2. The zero-order valence-electron chi connectivity index (χ0n) is 16.5. The first-order valence-electron chi connectivity index (χ1n) is 9.36. The maximum Gasteiger partial charge on any atom is 0.408 e. The first-order chi connectivity index (χ1) is 13.1. The Balaban J connectivity index is 2.06. The van der Waals surface area contributed by atoms with Crippen LogP contribution in [0, 0.1) is 0 Å². The largest absolute Gasteiger partial charge is 0.465 e. The third kappa shape index (κ3) is 4.06. The number of nitrogens with zero attached hydrogens (tertiary/aromatic N) is 1. The standard InChI is InChI=1S/C23H25Cl2NO2/c1-14(26(22(27)28)23(2,3)4)17-11-15-7-5-6-8-18(15)19(12-17)16-9-10-20(24)21(25)13-16/h5-11,13-14,19H,12H2,1-4H3,(H,27,28)/t14-,19-/m0/s1. The number of amides is 1. The van der Waals surface area contributed by atoms with E-state index in [0.717, 1.165) is 23.1 Å². The van der Waals surface area contributed by atoms with Crippen molar-refractivity contribution in [1.82, 2.24) is 4.90 Å². The molecule has 1 N–H and O–H groups in total. The van der Waals surface area contributed by atoms with E-state index in [1.54, 1.807) is 0 Å². The van der Waals surface area contributed by atoms with Gasteiger partial charge in [0.15, 0.2) is 0 Å². The topological polar surface area (TPSA) is 40.5 Å². The van der Waals surface area contributed by atoms with Crippen molar-refractivity contribution in [3.05, 3.63) is 74.8 Å². The Bertz CT molecular complexity index is 930. The number of hydrogen-bond acceptors (Lipinski definition) is 1. The van der Waals surface area contributed by atoms with Gasteiger partial charge in [-0.25, -0.2) is 4.79 Å². The Labute approximate surface area is 176 Å². The molecule has 3 rings (SSSR count). The Morgan fingerprint density at radius 1 is 1.14 bits per heavy atom. The molecule has 0 aliphatic heterocycles. The molecule has 0 aromatic heterocycles. The van der Waals surface area contributed by atoms with Crippen molar-refractivity contribution in [2.24, 2.45) is 0 Å². The fourth-order valence-electron chi connectivity index (χ4n) is 4.08. The third-order valence-electron chi connectivity index (χ3n) is 5.35. The zero-order valence-corrected chi connectivity index (χ0v) is 18.1. The highest BCUT2D eigenvalue weighted by molar-refractivity contribution is 6.42. The molecule has 1 amide bonds. The Hall–Kier alpha value is -1.97. The summed E-state index contributed by atoms with van der Waals surface area (Å²) < 4.78 is 0. The molecular formula is C23H25Cl2NO2. The van der Waals surface area contributed by atoms with E-state index in [9.17, 15) is 9.90 Å². The van der Waals surface area contributed by atoms with Gasteiger partial charge >= 0.3 is 6.09 Å². The van der Waals surface area contributed by atoms with E-state index in [4.69, 9.17) is 23.2 Å². The maximum absolute atomic E-state index is 12.0. The van der Waals surface area contributed by atoms with E-state index >= 15 is 0 Å². The predicted octanol–water partition coefficient (Wildman–Crippen LogP) is 7.08. The molecule has 2 atom stereocenters. The summed E-state index contributed by atoms with van der Waals surface area (Å²) in [6, 6.07) is 13.7.